The molecule has 0 aromatic carbocycles. The van der Waals surface area contributed by atoms with Crippen LogP contribution in [0, 0.1) is 6.92 Å². The summed E-state index contributed by atoms with van der Waals surface area (Å²) >= 11 is 1.66. The molecule has 0 aliphatic carbocycles. The van der Waals surface area contributed by atoms with Crippen LogP contribution in [0.1, 0.15) is 24.2 Å². The molecule has 3 heterocycles. The molecule has 0 aliphatic rings. The van der Waals surface area contributed by atoms with Gasteiger partial charge in [-0.25, -0.2) is 9.97 Å². The molecule has 0 atom stereocenters. The van der Waals surface area contributed by atoms with Crippen LogP contribution in [0.4, 0.5) is 5.82 Å². The van der Waals surface area contributed by atoms with E-state index in [1.807, 2.05) is 31.5 Å². The topological polar surface area (TPSA) is 55.1 Å². The van der Waals surface area contributed by atoms with Gasteiger partial charge in [-0.05, 0) is 24.8 Å². The van der Waals surface area contributed by atoms with Gasteiger partial charge >= 0.3 is 0 Å². The van der Waals surface area contributed by atoms with Gasteiger partial charge in [0.25, 0.3) is 0 Å². The second kappa shape index (κ2) is 5.20. The van der Waals surface area contributed by atoms with Crippen LogP contribution in [0.25, 0.3) is 10.2 Å². The molecule has 0 spiro atoms. The van der Waals surface area contributed by atoms with E-state index in [4.69, 9.17) is 4.52 Å². The van der Waals surface area contributed by atoms with Crippen molar-refractivity contribution in [1.82, 2.24) is 15.1 Å². The minimum atomic E-state index is 0.649. The number of hydrogen-bond acceptors (Lipinski definition) is 6. The van der Waals surface area contributed by atoms with Gasteiger partial charge in [-0.1, -0.05) is 12.1 Å². The Kier molecular flexibility index (Phi) is 3.40. The molecule has 0 amide bonds. The zero-order chi connectivity index (χ0) is 14.1. The van der Waals surface area contributed by atoms with Crippen LogP contribution in [-0.2, 0) is 13.0 Å². The maximum atomic E-state index is 5.34. The molecule has 0 bridgehead atoms. The molecule has 6 heteroatoms. The molecule has 20 heavy (non-hydrogen) atoms. The highest BCUT2D eigenvalue weighted by Crippen LogP contribution is 2.28. The minimum Gasteiger partial charge on any atom is -0.359 e. The molecular formula is C14H16N4OS. The van der Waals surface area contributed by atoms with Gasteiger partial charge in [-0.15, -0.1) is 11.3 Å². The van der Waals surface area contributed by atoms with Gasteiger partial charge in [0, 0.05) is 13.1 Å². The predicted molar refractivity (Wildman–Crippen MR) is 80.1 cm³/mol. The lowest BCUT2D eigenvalue weighted by atomic mass is 10.3. The maximum Gasteiger partial charge on any atom is 0.156 e. The van der Waals surface area contributed by atoms with Crippen LogP contribution in [0.3, 0.4) is 0 Å². The Morgan fingerprint density at radius 3 is 2.95 bits per heavy atom. The summed E-state index contributed by atoms with van der Waals surface area (Å²) in [5.74, 6) is 2.58. The van der Waals surface area contributed by atoms with Crippen LogP contribution < -0.4 is 4.90 Å². The van der Waals surface area contributed by atoms with E-state index in [1.54, 1.807) is 11.3 Å². The Labute approximate surface area is 121 Å². The van der Waals surface area contributed by atoms with E-state index in [0.29, 0.717) is 6.54 Å². The molecule has 0 N–H and O–H groups in total. The zero-order valence-corrected chi connectivity index (χ0v) is 12.6. The van der Waals surface area contributed by atoms with E-state index in [-0.39, 0.29) is 0 Å². The molecule has 0 fully saturated rings. The van der Waals surface area contributed by atoms with Gasteiger partial charge in [0.05, 0.1) is 22.5 Å². The molecule has 0 radical (unpaired) electrons. The summed E-state index contributed by atoms with van der Waals surface area (Å²) in [6.45, 7) is 4.63. The fraction of sp³-hybridized carbons (Fsp3) is 0.357. The normalized spacial score (nSPS) is 11.2. The number of fused-ring (bicyclic) bond motifs is 1. The van der Waals surface area contributed by atoms with E-state index < -0.39 is 0 Å². The van der Waals surface area contributed by atoms with Gasteiger partial charge in [0.15, 0.2) is 11.6 Å². The first-order valence-electron chi connectivity index (χ1n) is 6.55. The molecule has 3 aromatic rings. The molecular weight excluding hydrogens is 272 g/mol. The highest BCUT2D eigenvalue weighted by Gasteiger charge is 2.13. The van der Waals surface area contributed by atoms with E-state index in [9.17, 15) is 0 Å². The molecule has 0 saturated heterocycles. The molecule has 0 saturated carbocycles. The highest BCUT2D eigenvalue weighted by atomic mass is 32.1. The average molecular weight is 288 g/mol. The summed E-state index contributed by atoms with van der Waals surface area (Å²) in [6.07, 6.45) is 0.884. The lowest BCUT2D eigenvalue weighted by Gasteiger charge is -2.17. The average Bonchev–Trinajstić information content (AvgIpc) is 3.05. The third-order valence-corrected chi connectivity index (χ3v) is 4.02. The molecule has 104 valence electrons. The first kappa shape index (κ1) is 13.1. The number of aromatic nitrogens is 3. The molecule has 5 nitrogen and oxygen atoms in total. The van der Waals surface area contributed by atoms with Crippen molar-refractivity contribution in [3.63, 3.8) is 0 Å². The third-order valence-electron chi connectivity index (χ3n) is 3.12. The largest absolute Gasteiger partial charge is 0.359 e. The number of hydrogen-bond donors (Lipinski definition) is 0. The van der Waals surface area contributed by atoms with Crippen molar-refractivity contribution in [1.29, 1.82) is 0 Å². The van der Waals surface area contributed by atoms with E-state index in [0.717, 1.165) is 39.7 Å². The summed E-state index contributed by atoms with van der Waals surface area (Å²) in [5.41, 5.74) is 1.98. The molecule has 0 aliphatic heterocycles. The number of anilines is 1. The Hall–Kier alpha value is -1.95. The van der Waals surface area contributed by atoms with Gasteiger partial charge < -0.3 is 9.42 Å². The van der Waals surface area contributed by atoms with Crippen LogP contribution in [0.15, 0.2) is 22.0 Å². The van der Waals surface area contributed by atoms with E-state index in [1.165, 1.54) is 0 Å². The summed E-state index contributed by atoms with van der Waals surface area (Å²) in [4.78, 5) is 11.1. The number of rotatable bonds is 4. The Bertz CT molecular complexity index is 734. The zero-order valence-electron chi connectivity index (χ0n) is 11.8. The summed E-state index contributed by atoms with van der Waals surface area (Å²) in [7, 11) is 2.01. The molecule has 3 aromatic heterocycles. The van der Waals surface area contributed by atoms with Crippen molar-refractivity contribution in [2.75, 3.05) is 11.9 Å². The smallest absolute Gasteiger partial charge is 0.156 e. The van der Waals surface area contributed by atoms with Crippen LogP contribution in [0.2, 0.25) is 0 Å². The van der Waals surface area contributed by atoms with Gasteiger partial charge in [-0.3, -0.25) is 0 Å². The lowest BCUT2D eigenvalue weighted by Crippen LogP contribution is -2.18. The Morgan fingerprint density at radius 1 is 1.35 bits per heavy atom. The van der Waals surface area contributed by atoms with E-state index in [2.05, 4.69) is 26.9 Å². The first-order valence-corrected chi connectivity index (χ1v) is 7.42. The maximum absolute atomic E-state index is 5.34. The Morgan fingerprint density at radius 2 is 2.20 bits per heavy atom. The van der Waals surface area contributed by atoms with Crippen LogP contribution in [-0.4, -0.2) is 22.2 Å². The number of nitrogens with zero attached hydrogens (tertiary/aromatic N) is 4. The molecule has 0 unspecified atom stereocenters. The minimum absolute atomic E-state index is 0.649. The second-order valence-corrected chi connectivity index (χ2v) is 5.64. The van der Waals surface area contributed by atoms with Crippen molar-refractivity contribution in [3.8, 4) is 0 Å². The Balaban J connectivity index is 1.91. The summed E-state index contributed by atoms with van der Waals surface area (Å²) < 4.78 is 6.44. The third kappa shape index (κ3) is 2.38. The SMILES string of the molecule is CCc1cc(CN(C)c2nc(C)nc3ccsc23)on1. The standard InChI is InChI=1S/C14H16N4OS/c1-4-10-7-11(19-17-10)8-18(3)14-13-12(5-6-20-13)15-9(2)16-14/h5-7H,4,8H2,1-3H3. The highest BCUT2D eigenvalue weighted by molar-refractivity contribution is 7.17. The second-order valence-electron chi connectivity index (χ2n) is 4.72. The fourth-order valence-corrected chi connectivity index (χ4v) is 3.00. The van der Waals surface area contributed by atoms with Gasteiger partial charge in [0.2, 0.25) is 0 Å². The number of aryl methyl sites for hydroxylation is 2. The lowest BCUT2D eigenvalue weighted by molar-refractivity contribution is 0.377. The van der Waals surface area contributed by atoms with Crippen molar-refractivity contribution >= 4 is 27.4 Å². The monoisotopic (exact) mass is 288 g/mol. The predicted octanol–water partition coefficient (Wildman–Crippen LogP) is 3.19. The van der Waals surface area contributed by atoms with Crippen LogP contribution in [0.5, 0.6) is 0 Å². The first-order chi connectivity index (χ1) is 9.67. The number of thiophene rings is 1. The van der Waals surface area contributed by atoms with Crippen molar-refractivity contribution in [2.24, 2.45) is 0 Å². The summed E-state index contributed by atoms with van der Waals surface area (Å²) in [5, 5.41) is 6.06. The quantitative estimate of drug-likeness (QED) is 0.738. The fourth-order valence-electron chi connectivity index (χ4n) is 2.13. The van der Waals surface area contributed by atoms with Crippen molar-refractivity contribution in [2.45, 2.75) is 26.8 Å². The van der Waals surface area contributed by atoms with Crippen molar-refractivity contribution in [3.05, 3.63) is 34.8 Å². The molecule has 3 rings (SSSR count). The van der Waals surface area contributed by atoms with Gasteiger partial charge in [-0.2, -0.15) is 0 Å². The van der Waals surface area contributed by atoms with Crippen molar-refractivity contribution < 1.29 is 4.52 Å². The van der Waals surface area contributed by atoms with E-state index >= 15 is 0 Å². The summed E-state index contributed by atoms with van der Waals surface area (Å²) in [6, 6.07) is 4.02. The van der Waals surface area contributed by atoms with Crippen LogP contribution >= 0.6 is 11.3 Å². The van der Waals surface area contributed by atoms with Gasteiger partial charge in [0.1, 0.15) is 5.82 Å².